The van der Waals surface area contributed by atoms with E-state index in [9.17, 15) is 10.1 Å². The van der Waals surface area contributed by atoms with Crippen molar-refractivity contribution in [1.29, 1.82) is 0 Å². The van der Waals surface area contributed by atoms with Crippen molar-refractivity contribution in [2.24, 2.45) is 0 Å². The summed E-state index contributed by atoms with van der Waals surface area (Å²) in [5.41, 5.74) is 4.88. The van der Waals surface area contributed by atoms with Crippen LogP contribution >= 0.6 is 0 Å². The lowest BCUT2D eigenvalue weighted by Crippen LogP contribution is -2.51. The minimum Gasteiger partial charge on any atom is -0.360 e. The first-order chi connectivity index (χ1) is 26.3. The summed E-state index contributed by atoms with van der Waals surface area (Å²) in [7, 11) is -1.21. The van der Waals surface area contributed by atoms with Gasteiger partial charge in [-0.3, -0.25) is 10.1 Å². The number of fused-ring (bicyclic) bond motifs is 2. The molecule has 12 heteroatoms. The van der Waals surface area contributed by atoms with Crippen LogP contribution in [0.15, 0.2) is 109 Å². The van der Waals surface area contributed by atoms with Gasteiger partial charge in [0.2, 0.25) is 0 Å². The quantitative estimate of drug-likeness (QED) is 0.0483. The number of nitrogens with zero attached hydrogens (tertiary/aromatic N) is 5. The first-order valence-electron chi connectivity index (χ1n) is 19.1. The second-order valence-electron chi connectivity index (χ2n) is 16.4. The van der Waals surface area contributed by atoms with Crippen LogP contribution in [0.5, 0.6) is 0 Å². The summed E-state index contributed by atoms with van der Waals surface area (Å²) < 4.78 is 21.6. The van der Waals surface area contributed by atoms with E-state index >= 15 is 4.79 Å². The Morgan fingerprint density at radius 2 is 1.33 bits per heavy atom. The van der Waals surface area contributed by atoms with Gasteiger partial charge in [0.05, 0.1) is 28.7 Å². The van der Waals surface area contributed by atoms with Gasteiger partial charge in [-0.25, -0.2) is 9.48 Å². The molecule has 2 saturated heterocycles. The zero-order valence-electron chi connectivity index (χ0n) is 32.3. The van der Waals surface area contributed by atoms with Crippen LogP contribution in [0, 0.1) is 10.1 Å². The van der Waals surface area contributed by atoms with E-state index in [2.05, 4.69) is 67.2 Å². The predicted molar refractivity (Wildman–Crippen MR) is 215 cm³/mol. The molecule has 4 atom stereocenters. The number of nitro benzene ring substituents is 1. The third kappa shape index (κ3) is 9.16. The molecule has 11 nitrogen and oxygen atoms in total. The van der Waals surface area contributed by atoms with Gasteiger partial charge in [-0.2, -0.15) is 5.10 Å². The van der Waals surface area contributed by atoms with Crippen molar-refractivity contribution < 1.29 is 23.9 Å². The molecule has 0 N–H and O–H groups in total. The Labute approximate surface area is 324 Å². The van der Waals surface area contributed by atoms with Crippen molar-refractivity contribution in [2.75, 3.05) is 6.61 Å². The molecule has 2 aliphatic rings. The van der Waals surface area contributed by atoms with Gasteiger partial charge < -0.3 is 24.0 Å². The molecule has 0 spiro atoms. The van der Waals surface area contributed by atoms with Gasteiger partial charge in [0.1, 0.15) is 18.9 Å². The summed E-state index contributed by atoms with van der Waals surface area (Å²) in [4.78, 5) is 30.4. The average Bonchev–Trinajstić information content (AvgIpc) is 3.70. The van der Waals surface area contributed by atoms with Gasteiger partial charge in [0.15, 0.2) is 5.79 Å². The summed E-state index contributed by atoms with van der Waals surface area (Å²) >= 11 is 0. The minimum atomic E-state index is -1.21. The molecular weight excluding hydrogens is 711 g/mol. The SMILES string of the molecule is CC1(C)O[C@@H]2[C@@H](O1)[C@@H](Cc1ccccc1)N(Cc1ccc3c(cnn3COCC[Si](C)(C)C)c1)C(=O)N(Cc1ccc([N+](=O)[O-])cc1)[C@@H]2Cc1ccccc1. The summed E-state index contributed by atoms with van der Waals surface area (Å²) in [6, 6.07) is 33.2. The predicted octanol–water partition coefficient (Wildman–Crippen LogP) is 8.44. The van der Waals surface area contributed by atoms with Crippen molar-refractivity contribution in [3.8, 4) is 0 Å². The smallest absolute Gasteiger partial charge is 0.321 e. The molecule has 0 aliphatic carbocycles. The Kier molecular flexibility index (Phi) is 11.2. The fourth-order valence-electron chi connectivity index (χ4n) is 7.73. The van der Waals surface area contributed by atoms with E-state index in [0.29, 0.717) is 32.7 Å². The van der Waals surface area contributed by atoms with Crippen molar-refractivity contribution in [2.45, 2.75) is 102 Å². The zero-order valence-corrected chi connectivity index (χ0v) is 33.3. The van der Waals surface area contributed by atoms with E-state index in [-0.39, 0.29) is 24.3 Å². The van der Waals surface area contributed by atoms with Crippen molar-refractivity contribution in [3.05, 3.63) is 142 Å². The second-order valence-corrected chi connectivity index (χ2v) is 22.0. The minimum absolute atomic E-state index is 0.00233. The van der Waals surface area contributed by atoms with Gasteiger partial charge >= 0.3 is 6.03 Å². The first-order valence-corrected chi connectivity index (χ1v) is 22.8. The number of non-ortho nitro benzene ring substituents is 1. The number of urea groups is 1. The first kappa shape index (κ1) is 38.4. The van der Waals surface area contributed by atoms with E-state index < -0.39 is 37.0 Å². The number of benzene rings is 4. The maximum atomic E-state index is 15.4. The molecule has 55 heavy (non-hydrogen) atoms. The second kappa shape index (κ2) is 16.1. The molecule has 2 amide bonds. The molecule has 5 aromatic rings. The Balaban J connectivity index is 1.28. The van der Waals surface area contributed by atoms with Crippen LogP contribution in [0.4, 0.5) is 10.5 Å². The number of nitro groups is 1. The molecule has 3 heterocycles. The largest absolute Gasteiger partial charge is 0.360 e. The molecule has 4 aromatic carbocycles. The van der Waals surface area contributed by atoms with Crippen LogP contribution in [0.2, 0.25) is 25.7 Å². The third-order valence-electron chi connectivity index (χ3n) is 10.6. The average molecular weight is 762 g/mol. The Bertz CT molecular complexity index is 2090. The van der Waals surface area contributed by atoms with Crippen LogP contribution < -0.4 is 0 Å². The maximum absolute atomic E-state index is 15.4. The fourth-order valence-corrected chi connectivity index (χ4v) is 8.49. The lowest BCUT2D eigenvalue weighted by molar-refractivity contribution is -0.384. The summed E-state index contributed by atoms with van der Waals surface area (Å²) in [5.74, 6) is -0.894. The van der Waals surface area contributed by atoms with Crippen molar-refractivity contribution >= 4 is 30.7 Å². The van der Waals surface area contributed by atoms with Gasteiger partial charge in [0, 0.05) is 45.3 Å². The molecule has 2 fully saturated rings. The molecule has 1 aromatic heterocycles. The molecule has 0 radical (unpaired) electrons. The lowest BCUT2D eigenvalue weighted by Gasteiger charge is -2.37. The normalized spacial score (nSPS) is 21.1. The number of ether oxygens (including phenoxy) is 3. The number of hydrogen-bond acceptors (Lipinski definition) is 7. The highest BCUT2D eigenvalue weighted by molar-refractivity contribution is 6.76. The summed E-state index contributed by atoms with van der Waals surface area (Å²) in [6.45, 7) is 12.5. The molecule has 0 unspecified atom stereocenters. The number of amides is 2. The number of carbonyl (C=O) groups excluding carboxylic acids is 1. The molecule has 7 rings (SSSR count). The van der Waals surface area contributed by atoms with Crippen LogP contribution in [-0.4, -0.2) is 75.3 Å². The summed E-state index contributed by atoms with van der Waals surface area (Å²) in [6.07, 6.45) is 2.05. The molecular formula is C43H51N5O6Si. The standard InChI is InChI=1S/C43H51N5O6Si/c1-43(2)53-40-38(25-31-12-8-6-9-13-31)45(28-33-16-19-36(20-17-33)48(50)51)42(49)46(39(41(40)54-43)26-32-14-10-7-11-15-32)29-34-18-21-37-35(24-34)27-44-47(37)30-52-22-23-55(3,4)5/h6-21,24,27,38-41H,22-23,25-26,28-30H2,1-5H3/t38-,39-,40+,41+/m1/s1. The van der Waals surface area contributed by atoms with E-state index in [1.165, 1.54) is 12.1 Å². The van der Waals surface area contributed by atoms with E-state index in [4.69, 9.17) is 14.2 Å². The van der Waals surface area contributed by atoms with Crippen molar-refractivity contribution in [1.82, 2.24) is 19.6 Å². The summed E-state index contributed by atoms with van der Waals surface area (Å²) in [5, 5.41) is 17.1. The highest BCUT2D eigenvalue weighted by Crippen LogP contribution is 2.40. The van der Waals surface area contributed by atoms with Crippen LogP contribution in [0.3, 0.4) is 0 Å². The molecule has 0 bridgehead atoms. The topological polar surface area (TPSA) is 112 Å². The Morgan fingerprint density at radius 1 is 0.782 bits per heavy atom. The monoisotopic (exact) mass is 761 g/mol. The third-order valence-corrected chi connectivity index (χ3v) is 12.3. The number of rotatable bonds is 14. The number of aromatic nitrogens is 2. The number of carbonyl (C=O) groups is 1. The van der Waals surface area contributed by atoms with Crippen LogP contribution in [0.1, 0.15) is 36.1 Å². The molecule has 288 valence electrons. The van der Waals surface area contributed by atoms with E-state index in [1.54, 1.807) is 12.1 Å². The Hall–Kier alpha value is -4.88. The van der Waals surface area contributed by atoms with Crippen molar-refractivity contribution in [3.63, 3.8) is 0 Å². The molecule has 2 aliphatic heterocycles. The van der Waals surface area contributed by atoms with E-state index in [1.807, 2.05) is 70.9 Å². The lowest BCUT2D eigenvalue weighted by atomic mass is 9.91. The highest BCUT2D eigenvalue weighted by Gasteiger charge is 2.55. The zero-order chi connectivity index (χ0) is 38.7. The fraction of sp³-hybridized carbons (Fsp3) is 0.395. The van der Waals surface area contributed by atoms with Gasteiger partial charge in [-0.05, 0) is 67.1 Å². The Morgan fingerprint density at radius 3 is 1.87 bits per heavy atom. The van der Waals surface area contributed by atoms with Gasteiger partial charge in [0.25, 0.3) is 5.69 Å². The number of hydrogen-bond donors (Lipinski definition) is 0. The molecule has 0 saturated carbocycles. The van der Waals surface area contributed by atoms with E-state index in [0.717, 1.165) is 39.2 Å². The van der Waals surface area contributed by atoms with Crippen LogP contribution in [-0.2, 0) is 46.9 Å². The highest BCUT2D eigenvalue weighted by atomic mass is 28.3. The van der Waals surface area contributed by atoms with Gasteiger partial charge in [-0.15, -0.1) is 0 Å². The maximum Gasteiger partial charge on any atom is 0.321 e. The van der Waals surface area contributed by atoms with Gasteiger partial charge in [-0.1, -0.05) is 98.5 Å². The van der Waals surface area contributed by atoms with Crippen LogP contribution in [0.25, 0.3) is 10.9 Å².